The maximum Gasteiger partial charge on any atom is 0.131 e. The smallest absolute Gasteiger partial charge is 0.131 e. The molecule has 1 heterocycles. The molecule has 164 valence electrons. The second-order valence-corrected chi connectivity index (χ2v) is 8.78. The molecule has 5 nitrogen and oxygen atoms in total. The van der Waals surface area contributed by atoms with Crippen LogP contribution >= 0.6 is 0 Å². The number of nitrogens with zero attached hydrogens (tertiary/aromatic N) is 3. The lowest BCUT2D eigenvalue weighted by Crippen LogP contribution is -2.27. The standard InChI is InChI=1S/C25H39N5/c1-8-20-16-28-24(29-17-20)21(12-15-27-9-2)10-11-22(18(3)4)19(5)23(26-7)30-25(6)13-14-25/h9,16-17,21,27,30H,2,7-8,10-15H2,1,3-6H3/b23-19-. The molecule has 1 aliphatic carbocycles. The fourth-order valence-corrected chi connectivity index (χ4v) is 3.64. The Morgan fingerprint density at radius 1 is 1.23 bits per heavy atom. The molecule has 0 spiro atoms. The third-order valence-electron chi connectivity index (χ3n) is 6.01. The first kappa shape index (κ1) is 23.8. The van der Waals surface area contributed by atoms with Crippen LogP contribution in [0.4, 0.5) is 0 Å². The van der Waals surface area contributed by atoms with E-state index in [1.165, 1.54) is 35.1 Å². The molecule has 2 rings (SSSR count). The number of aromatic nitrogens is 2. The highest BCUT2D eigenvalue weighted by Crippen LogP contribution is 2.37. The Labute approximate surface area is 182 Å². The number of hydrogen-bond acceptors (Lipinski definition) is 5. The molecule has 0 saturated heterocycles. The van der Waals surface area contributed by atoms with Crippen LogP contribution in [0.2, 0.25) is 0 Å². The second kappa shape index (κ2) is 11.1. The Hall–Kier alpha value is -2.43. The minimum Gasteiger partial charge on any atom is -0.391 e. The zero-order chi connectivity index (χ0) is 22.1. The van der Waals surface area contributed by atoms with Gasteiger partial charge in [-0.1, -0.05) is 19.1 Å². The lowest BCUT2D eigenvalue weighted by atomic mass is 9.90. The van der Waals surface area contributed by atoms with Crippen LogP contribution in [-0.4, -0.2) is 28.8 Å². The fraction of sp³-hybridized carbons (Fsp3) is 0.560. The quantitative estimate of drug-likeness (QED) is 0.259. The highest BCUT2D eigenvalue weighted by atomic mass is 15.1. The highest BCUT2D eigenvalue weighted by molar-refractivity contribution is 5.40. The summed E-state index contributed by atoms with van der Waals surface area (Å²) in [4.78, 5) is 13.7. The zero-order valence-electron chi connectivity index (χ0n) is 19.5. The van der Waals surface area contributed by atoms with Crippen LogP contribution in [0.25, 0.3) is 0 Å². The number of allylic oxidation sites excluding steroid dienone is 3. The molecule has 0 aliphatic heterocycles. The molecule has 1 fully saturated rings. The first-order valence-electron chi connectivity index (χ1n) is 11.1. The second-order valence-electron chi connectivity index (χ2n) is 8.78. The van der Waals surface area contributed by atoms with Crippen LogP contribution in [0.3, 0.4) is 0 Å². The molecule has 1 atom stereocenters. The molecule has 1 saturated carbocycles. The summed E-state index contributed by atoms with van der Waals surface area (Å²) in [5, 5.41) is 6.81. The molecule has 1 aromatic rings. The summed E-state index contributed by atoms with van der Waals surface area (Å²) < 4.78 is 0. The molecule has 2 N–H and O–H groups in total. The van der Waals surface area contributed by atoms with Gasteiger partial charge in [-0.25, -0.2) is 15.0 Å². The number of aryl methyl sites for hydroxylation is 1. The molecule has 1 aliphatic rings. The van der Waals surface area contributed by atoms with Gasteiger partial charge in [-0.15, -0.1) is 0 Å². The van der Waals surface area contributed by atoms with Gasteiger partial charge in [0, 0.05) is 30.4 Å². The van der Waals surface area contributed by atoms with Crippen molar-refractivity contribution in [2.24, 2.45) is 4.99 Å². The van der Waals surface area contributed by atoms with Gasteiger partial charge in [-0.2, -0.15) is 0 Å². The van der Waals surface area contributed by atoms with Crippen LogP contribution in [0.15, 0.2) is 52.7 Å². The van der Waals surface area contributed by atoms with Gasteiger partial charge in [0.1, 0.15) is 11.6 Å². The van der Waals surface area contributed by atoms with Gasteiger partial charge < -0.3 is 10.6 Å². The lowest BCUT2D eigenvalue weighted by Gasteiger charge is -2.21. The molecule has 0 aromatic carbocycles. The van der Waals surface area contributed by atoms with E-state index in [1.54, 1.807) is 6.20 Å². The average Bonchev–Trinajstić information content (AvgIpc) is 3.47. The van der Waals surface area contributed by atoms with Crippen molar-refractivity contribution in [2.75, 3.05) is 6.54 Å². The SMILES string of the molecule is C=CNCCC(CCC(=C(C)C)/C(C)=C(/N=C)NC1(C)CC1)c1ncc(CC)cn1. The molecule has 0 amide bonds. The Morgan fingerprint density at radius 3 is 2.40 bits per heavy atom. The van der Waals surface area contributed by atoms with Crippen molar-refractivity contribution in [2.45, 2.75) is 84.6 Å². The summed E-state index contributed by atoms with van der Waals surface area (Å²) in [6.45, 7) is 19.3. The predicted octanol–water partition coefficient (Wildman–Crippen LogP) is 5.44. The Balaban J connectivity index is 2.18. The first-order chi connectivity index (χ1) is 14.3. The van der Waals surface area contributed by atoms with Crippen LogP contribution in [0, 0.1) is 0 Å². The Morgan fingerprint density at radius 2 is 1.90 bits per heavy atom. The maximum absolute atomic E-state index is 4.67. The number of aliphatic imine (C=N–C) groups is 1. The predicted molar refractivity (Wildman–Crippen MR) is 128 cm³/mol. The number of hydrogen-bond donors (Lipinski definition) is 2. The number of nitrogens with one attached hydrogen (secondary N) is 2. The third-order valence-corrected chi connectivity index (χ3v) is 6.01. The van der Waals surface area contributed by atoms with E-state index in [4.69, 9.17) is 0 Å². The normalized spacial score (nSPS) is 16.2. The van der Waals surface area contributed by atoms with Gasteiger partial charge in [0.05, 0.1) is 0 Å². The van der Waals surface area contributed by atoms with E-state index in [2.05, 4.69) is 73.5 Å². The van der Waals surface area contributed by atoms with Crippen LogP contribution in [0.5, 0.6) is 0 Å². The van der Waals surface area contributed by atoms with Gasteiger partial charge >= 0.3 is 0 Å². The van der Waals surface area contributed by atoms with Crippen molar-refractivity contribution in [3.05, 3.63) is 59.1 Å². The van der Waals surface area contributed by atoms with Crippen molar-refractivity contribution < 1.29 is 0 Å². The molecule has 5 heteroatoms. The summed E-state index contributed by atoms with van der Waals surface area (Å²) in [5.41, 5.74) is 5.22. The summed E-state index contributed by atoms with van der Waals surface area (Å²) in [6, 6.07) is 0. The molecular formula is C25H39N5. The summed E-state index contributed by atoms with van der Waals surface area (Å²) in [7, 11) is 0. The molecular weight excluding hydrogens is 370 g/mol. The van der Waals surface area contributed by atoms with E-state index in [1.807, 2.05) is 12.4 Å². The van der Waals surface area contributed by atoms with E-state index in [0.29, 0.717) is 5.92 Å². The summed E-state index contributed by atoms with van der Waals surface area (Å²) >= 11 is 0. The molecule has 0 bridgehead atoms. The van der Waals surface area contributed by atoms with Crippen LogP contribution < -0.4 is 10.6 Å². The Kier molecular flexibility index (Phi) is 8.82. The van der Waals surface area contributed by atoms with Gasteiger partial charge in [0.25, 0.3) is 0 Å². The lowest BCUT2D eigenvalue weighted by molar-refractivity contribution is 0.535. The van der Waals surface area contributed by atoms with Gasteiger partial charge in [0.15, 0.2) is 0 Å². The van der Waals surface area contributed by atoms with E-state index in [-0.39, 0.29) is 5.54 Å². The average molecular weight is 410 g/mol. The minimum absolute atomic E-state index is 0.179. The maximum atomic E-state index is 4.67. The largest absolute Gasteiger partial charge is 0.391 e. The van der Waals surface area contributed by atoms with E-state index in [9.17, 15) is 0 Å². The summed E-state index contributed by atoms with van der Waals surface area (Å²) in [6.07, 6.45) is 11.9. The molecule has 1 aromatic heterocycles. The zero-order valence-corrected chi connectivity index (χ0v) is 19.5. The fourth-order valence-electron chi connectivity index (χ4n) is 3.64. The molecule has 0 radical (unpaired) electrons. The van der Waals surface area contributed by atoms with Crippen molar-refractivity contribution in [3.8, 4) is 0 Å². The first-order valence-corrected chi connectivity index (χ1v) is 11.1. The van der Waals surface area contributed by atoms with Gasteiger partial charge in [-0.05, 0) is 95.8 Å². The van der Waals surface area contributed by atoms with Crippen LogP contribution in [-0.2, 0) is 6.42 Å². The van der Waals surface area contributed by atoms with Crippen molar-refractivity contribution in [3.63, 3.8) is 0 Å². The minimum atomic E-state index is 0.179. The monoisotopic (exact) mass is 409 g/mol. The van der Waals surface area contributed by atoms with E-state index in [0.717, 1.165) is 43.9 Å². The van der Waals surface area contributed by atoms with E-state index >= 15 is 0 Å². The molecule has 1 unspecified atom stereocenters. The van der Waals surface area contributed by atoms with Crippen molar-refractivity contribution in [1.82, 2.24) is 20.6 Å². The third kappa shape index (κ3) is 6.82. The van der Waals surface area contributed by atoms with Crippen molar-refractivity contribution >= 4 is 6.72 Å². The van der Waals surface area contributed by atoms with Crippen molar-refractivity contribution in [1.29, 1.82) is 0 Å². The highest BCUT2D eigenvalue weighted by Gasteiger charge is 2.38. The van der Waals surface area contributed by atoms with Crippen LogP contribution in [0.1, 0.15) is 84.0 Å². The molecule has 30 heavy (non-hydrogen) atoms. The van der Waals surface area contributed by atoms with E-state index < -0.39 is 0 Å². The Bertz CT molecular complexity index is 780. The topological polar surface area (TPSA) is 62.2 Å². The van der Waals surface area contributed by atoms with Gasteiger partial charge in [0.2, 0.25) is 0 Å². The summed E-state index contributed by atoms with van der Waals surface area (Å²) in [5.74, 6) is 2.14. The van der Waals surface area contributed by atoms with Gasteiger partial charge in [-0.3, -0.25) is 0 Å². The number of rotatable bonds is 13.